The maximum absolute atomic E-state index is 12.8. The Kier molecular flexibility index (Phi) is 4.63. The summed E-state index contributed by atoms with van der Waals surface area (Å²) in [7, 11) is 0. The lowest BCUT2D eigenvalue weighted by Crippen LogP contribution is -2.48. The molecule has 2 atom stereocenters. The number of morpholine rings is 1. The van der Waals surface area contributed by atoms with Gasteiger partial charge in [-0.25, -0.2) is 0 Å². The Morgan fingerprint density at radius 2 is 1.81 bits per heavy atom. The van der Waals surface area contributed by atoms with Gasteiger partial charge in [-0.15, -0.1) is 0 Å². The van der Waals surface area contributed by atoms with Gasteiger partial charge in [0.2, 0.25) is 0 Å². The highest BCUT2D eigenvalue weighted by atomic mass is 79.9. The zero-order chi connectivity index (χ0) is 15.8. The first kappa shape index (κ1) is 16.3. The van der Waals surface area contributed by atoms with Crippen LogP contribution in [0.2, 0.25) is 0 Å². The predicted octanol–water partition coefficient (Wildman–Crippen LogP) is 3.72. The van der Waals surface area contributed by atoms with Crippen molar-refractivity contribution in [3.63, 3.8) is 0 Å². The minimum Gasteiger partial charge on any atom is -0.372 e. The van der Waals surface area contributed by atoms with Crippen LogP contribution >= 0.6 is 15.9 Å². The van der Waals surface area contributed by atoms with Crippen LogP contribution in [0.1, 0.15) is 29.8 Å². The molecular formula is C14H15BrF3NO2. The predicted molar refractivity (Wildman–Crippen MR) is 75.1 cm³/mol. The summed E-state index contributed by atoms with van der Waals surface area (Å²) < 4.78 is 44.2. The van der Waals surface area contributed by atoms with E-state index in [0.717, 1.165) is 12.1 Å². The number of carbonyl (C=O) groups excluding carboxylic acids is 1. The number of nitrogens with zero attached hydrogens (tertiary/aromatic N) is 1. The molecule has 1 amide bonds. The molecule has 1 fully saturated rings. The first-order chi connectivity index (χ1) is 9.66. The fraction of sp³-hybridized carbons (Fsp3) is 0.500. The maximum Gasteiger partial charge on any atom is 0.416 e. The monoisotopic (exact) mass is 365 g/mol. The highest BCUT2D eigenvalue weighted by molar-refractivity contribution is 9.10. The lowest BCUT2D eigenvalue weighted by Gasteiger charge is -2.35. The minimum absolute atomic E-state index is 0.0259. The number of hydrogen-bond acceptors (Lipinski definition) is 2. The van der Waals surface area contributed by atoms with Crippen LogP contribution < -0.4 is 0 Å². The van der Waals surface area contributed by atoms with Gasteiger partial charge in [0.05, 0.1) is 17.8 Å². The van der Waals surface area contributed by atoms with E-state index < -0.39 is 17.6 Å². The number of ether oxygens (including phenoxy) is 1. The van der Waals surface area contributed by atoms with E-state index in [0.29, 0.717) is 13.1 Å². The van der Waals surface area contributed by atoms with Gasteiger partial charge < -0.3 is 9.64 Å². The average Bonchev–Trinajstić information content (AvgIpc) is 2.35. The SMILES string of the molecule is C[C@@H]1CN(C(=O)c2cc(Br)cc(C(F)(F)F)c2)C[C@H](C)O1. The van der Waals surface area contributed by atoms with Crippen molar-refractivity contribution in [1.29, 1.82) is 0 Å². The Hall–Kier alpha value is -1.08. The molecule has 1 aromatic rings. The standard InChI is InChI=1S/C14H15BrF3NO2/c1-8-6-19(7-9(2)21-8)13(20)10-3-11(14(16,17)18)5-12(15)4-10/h3-5,8-9H,6-7H2,1-2H3/t8-,9+. The fourth-order valence-electron chi connectivity index (χ4n) is 2.40. The van der Waals surface area contributed by atoms with Crippen LogP contribution in [0.4, 0.5) is 13.2 Å². The lowest BCUT2D eigenvalue weighted by atomic mass is 10.1. The Morgan fingerprint density at radius 1 is 1.24 bits per heavy atom. The van der Waals surface area contributed by atoms with E-state index >= 15 is 0 Å². The molecule has 116 valence electrons. The molecule has 21 heavy (non-hydrogen) atoms. The van der Waals surface area contributed by atoms with Crippen LogP contribution in [0.25, 0.3) is 0 Å². The van der Waals surface area contributed by atoms with Crippen molar-refractivity contribution in [2.45, 2.75) is 32.2 Å². The first-order valence-electron chi connectivity index (χ1n) is 6.49. The zero-order valence-electron chi connectivity index (χ0n) is 11.6. The Morgan fingerprint density at radius 3 is 2.33 bits per heavy atom. The van der Waals surface area contributed by atoms with Gasteiger partial charge in [0.15, 0.2) is 0 Å². The largest absolute Gasteiger partial charge is 0.416 e. The van der Waals surface area contributed by atoms with E-state index in [1.54, 1.807) is 0 Å². The molecule has 1 heterocycles. The minimum atomic E-state index is -4.48. The second kappa shape index (κ2) is 5.96. The van der Waals surface area contributed by atoms with Gasteiger partial charge in [-0.2, -0.15) is 13.2 Å². The maximum atomic E-state index is 12.8. The van der Waals surface area contributed by atoms with Gasteiger partial charge in [-0.1, -0.05) is 15.9 Å². The van der Waals surface area contributed by atoms with E-state index in [2.05, 4.69) is 15.9 Å². The van der Waals surface area contributed by atoms with Crippen LogP contribution in [-0.2, 0) is 10.9 Å². The molecule has 0 saturated carbocycles. The number of amides is 1. The third kappa shape index (κ3) is 3.97. The van der Waals surface area contributed by atoms with Gasteiger partial charge in [0, 0.05) is 23.1 Å². The third-order valence-electron chi connectivity index (χ3n) is 3.18. The molecule has 7 heteroatoms. The van der Waals surface area contributed by atoms with Crippen LogP contribution in [0.15, 0.2) is 22.7 Å². The molecule has 1 aliphatic heterocycles. The Balaban J connectivity index is 2.29. The summed E-state index contributed by atoms with van der Waals surface area (Å²) in [5.41, 5.74) is -0.812. The molecule has 0 aromatic heterocycles. The summed E-state index contributed by atoms with van der Waals surface area (Å²) in [6.45, 7) is 4.41. The van der Waals surface area contributed by atoms with E-state index in [1.807, 2.05) is 13.8 Å². The van der Waals surface area contributed by atoms with Gasteiger partial charge in [0.25, 0.3) is 5.91 Å². The summed E-state index contributed by atoms with van der Waals surface area (Å²) in [5.74, 6) is -0.413. The zero-order valence-corrected chi connectivity index (χ0v) is 13.2. The molecule has 1 saturated heterocycles. The van der Waals surface area contributed by atoms with Crippen LogP contribution in [-0.4, -0.2) is 36.1 Å². The van der Waals surface area contributed by atoms with Crippen molar-refractivity contribution in [1.82, 2.24) is 4.90 Å². The van der Waals surface area contributed by atoms with E-state index in [4.69, 9.17) is 4.74 Å². The quantitative estimate of drug-likeness (QED) is 0.758. The number of carbonyl (C=O) groups is 1. The highest BCUT2D eigenvalue weighted by Crippen LogP contribution is 2.32. The fourth-order valence-corrected chi connectivity index (χ4v) is 2.90. The normalized spacial score (nSPS) is 23.2. The molecule has 1 aliphatic rings. The second-order valence-electron chi connectivity index (χ2n) is 5.19. The molecule has 0 unspecified atom stereocenters. The Bertz CT molecular complexity index is 538. The summed E-state index contributed by atoms with van der Waals surface area (Å²) >= 11 is 3.03. The van der Waals surface area contributed by atoms with E-state index in [1.165, 1.54) is 11.0 Å². The van der Waals surface area contributed by atoms with Crippen molar-refractivity contribution < 1.29 is 22.7 Å². The summed E-state index contributed by atoms with van der Waals surface area (Å²) in [4.78, 5) is 13.9. The second-order valence-corrected chi connectivity index (χ2v) is 6.11. The molecule has 3 nitrogen and oxygen atoms in total. The Labute approximate surface area is 129 Å². The summed E-state index contributed by atoms with van der Waals surface area (Å²) in [6.07, 6.45) is -4.75. The number of halogens is 4. The van der Waals surface area contributed by atoms with Crippen molar-refractivity contribution in [3.8, 4) is 0 Å². The van der Waals surface area contributed by atoms with Crippen molar-refractivity contribution >= 4 is 21.8 Å². The van der Waals surface area contributed by atoms with Crippen molar-refractivity contribution in [3.05, 3.63) is 33.8 Å². The van der Waals surface area contributed by atoms with Gasteiger partial charge >= 0.3 is 6.18 Å². The molecule has 0 aliphatic carbocycles. The third-order valence-corrected chi connectivity index (χ3v) is 3.64. The molecule has 0 N–H and O–H groups in total. The van der Waals surface area contributed by atoms with Crippen LogP contribution in [0.3, 0.4) is 0 Å². The molecule has 0 bridgehead atoms. The highest BCUT2D eigenvalue weighted by Gasteiger charge is 2.33. The van der Waals surface area contributed by atoms with Crippen molar-refractivity contribution in [2.75, 3.05) is 13.1 Å². The first-order valence-corrected chi connectivity index (χ1v) is 7.28. The van der Waals surface area contributed by atoms with Crippen LogP contribution in [0.5, 0.6) is 0 Å². The van der Waals surface area contributed by atoms with Crippen molar-refractivity contribution in [2.24, 2.45) is 0 Å². The van der Waals surface area contributed by atoms with Gasteiger partial charge in [-0.05, 0) is 32.0 Å². The van der Waals surface area contributed by atoms with E-state index in [-0.39, 0.29) is 22.2 Å². The molecular weight excluding hydrogens is 351 g/mol. The number of rotatable bonds is 1. The molecule has 2 rings (SSSR count). The molecule has 0 radical (unpaired) electrons. The number of alkyl halides is 3. The van der Waals surface area contributed by atoms with Gasteiger partial charge in [-0.3, -0.25) is 4.79 Å². The molecule has 0 spiro atoms. The van der Waals surface area contributed by atoms with Crippen LogP contribution in [0, 0.1) is 0 Å². The van der Waals surface area contributed by atoms with Gasteiger partial charge in [0.1, 0.15) is 0 Å². The average molecular weight is 366 g/mol. The molecule has 1 aromatic carbocycles. The summed E-state index contributed by atoms with van der Waals surface area (Å²) in [6, 6.07) is 3.25. The summed E-state index contributed by atoms with van der Waals surface area (Å²) in [5, 5.41) is 0. The number of benzene rings is 1. The lowest BCUT2D eigenvalue weighted by molar-refractivity contribution is -0.137. The number of hydrogen-bond donors (Lipinski definition) is 0. The van der Waals surface area contributed by atoms with E-state index in [9.17, 15) is 18.0 Å². The topological polar surface area (TPSA) is 29.5 Å². The smallest absolute Gasteiger partial charge is 0.372 e.